The third-order valence-electron chi connectivity index (χ3n) is 2.84. The third-order valence-corrected chi connectivity index (χ3v) is 3.01. The number of likely N-dealkylation sites (N-methyl/N-ethyl adjacent to an activating group) is 1. The van der Waals surface area contributed by atoms with Crippen LogP contribution in [0.1, 0.15) is 6.42 Å². The van der Waals surface area contributed by atoms with Crippen LogP contribution in [0, 0.1) is 0 Å². The van der Waals surface area contributed by atoms with E-state index in [1.54, 1.807) is 0 Å². The molecule has 0 bridgehead atoms. The largest absolute Gasteiger partial charge is 0.391 e. The number of nitrogen functional groups attached to an aromatic ring is 1. The molecular weight excluding hydrogens is 256 g/mol. The van der Waals surface area contributed by atoms with Crippen molar-refractivity contribution in [2.75, 3.05) is 37.8 Å². The van der Waals surface area contributed by atoms with E-state index in [0.29, 0.717) is 18.9 Å². The molecule has 8 heteroatoms. The van der Waals surface area contributed by atoms with Crippen molar-refractivity contribution >= 4 is 23.5 Å². The number of hydrogen-bond acceptors (Lipinski definition) is 7. The molecule has 1 aliphatic heterocycles. The average Bonchev–Trinajstić information content (AvgIpc) is 2.56. The fraction of sp³-hybridized carbons (Fsp3) is 0.700. The Bertz CT molecular complexity index is 409. The summed E-state index contributed by atoms with van der Waals surface area (Å²) in [5.41, 5.74) is 5.56. The van der Waals surface area contributed by atoms with E-state index in [1.165, 1.54) is 0 Å². The molecule has 1 aromatic heterocycles. The second kappa shape index (κ2) is 5.21. The Balaban J connectivity index is 2.23. The Labute approximate surface area is 111 Å². The molecule has 2 unspecified atom stereocenters. The molecule has 3 N–H and O–H groups in total. The molecule has 0 aliphatic carbocycles. The molecule has 0 saturated carbocycles. The number of halogens is 1. The van der Waals surface area contributed by atoms with Crippen LogP contribution in [-0.2, 0) is 0 Å². The Hall–Kier alpha value is -1.18. The van der Waals surface area contributed by atoms with Crippen LogP contribution in [0.15, 0.2) is 0 Å². The molecule has 1 aromatic rings. The minimum absolute atomic E-state index is 0.0718. The van der Waals surface area contributed by atoms with Crippen molar-refractivity contribution in [2.24, 2.45) is 0 Å². The number of β-amino-alcohol motifs (C(OH)–C–C–N with tert-alkyl or cyclic N) is 1. The highest BCUT2D eigenvalue weighted by molar-refractivity contribution is 6.28. The molecule has 2 rings (SSSR count). The van der Waals surface area contributed by atoms with Gasteiger partial charge >= 0.3 is 0 Å². The monoisotopic (exact) mass is 272 g/mol. The van der Waals surface area contributed by atoms with Gasteiger partial charge in [0, 0.05) is 19.1 Å². The molecule has 2 atom stereocenters. The van der Waals surface area contributed by atoms with Crippen LogP contribution in [0.25, 0.3) is 0 Å². The van der Waals surface area contributed by atoms with E-state index in [-0.39, 0.29) is 23.4 Å². The zero-order chi connectivity index (χ0) is 13.3. The number of nitrogens with zero attached hydrogens (tertiary/aromatic N) is 5. The number of rotatable bonds is 3. The number of aliphatic hydroxyl groups excluding tert-OH is 1. The first kappa shape index (κ1) is 13.3. The van der Waals surface area contributed by atoms with E-state index in [2.05, 4.69) is 19.9 Å². The minimum atomic E-state index is -0.383. The summed E-state index contributed by atoms with van der Waals surface area (Å²) in [5, 5.41) is 9.86. The molecule has 7 nitrogen and oxygen atoms in total. The molecule has 2 heterocycles. The Morgan fingerprint density at radius 3 is 2.78 bits per heavy atom. The van der Waals surface area contributed by atoms with Crippen molar-refractivity contribution in [3.8, 4) is 0 Å². The summed E-state index contributed by atoms with van der Waals surface area (Å²) in [6, 6.07) is 0.146. The number of anilines is 2. The van der Waals surface area contributed by atoms with Gasteiger partial charge in [0.05, 0.1) is 6.10 Å². The fourth-order valence-electron chi connectivity index (χ4n) is 2.21. The second-order valence-corrected chi connectivity index (χ2v) is 5.06. The lowest BCUT2D eigenvalue weighted by atomic mass is 10.2. The molecule has 0 radical (unpaired) electrons. The first-order valence-corrected chi connectivity index (χ1v) is 6.10. The van der Waals surface area contributed by atoms with Crippen LogP contribution >= 0.6 is 11.6 Å². The van der Waals surface area contributed by atoms with E-state index in [4.69, 9.17) is 17.3 Å². The standard InChI is InChI=1S/C10H17ClN6O/c1-16(2)4-6-3-7(18)5-17(6)10-14-8(11)13-9(12)15-10/h6-7,18H,3-5H2,1-2H3,(H2,12,13,14,15). The zero-order valence-corrected chi connectivity index (χ0v) is 11.2. The van der Waals surface area contributed by atoms with Crippen LogP contribution in [-0.4, -0.2) is 64.3 Å². The van der Waals surface area contributed by atoms with Gasteiger partial charge in [0.25, 0.3) is 0 Å². The van der Waals surface area contributed by atoms with Gasteiger partial charge in [-0.2, -0.15) is 15.0 Å². The van der Waals surface area contributed by atoms with Crippen molar-refractivity contribution in [2.45, 2.75) is 18.6 Å². The predicted octanol–water partition coefficient (Wildman–Crippen LogP) is -0.392. The van der Waals surface area contributed by atoms with E-state index < -0.39 is 0 Å². The highest BCUT2D eigenvalue weighted by Crippen LogP contribution is 2.24. The highest BCUT2D eigenvalue weighted by atomic mass is 35.5. The van der Waals surface area contributed by atoms with E-state index in [1.807, 2.05) is 19.0 Å². The number of hydrogen-bond donors (Lipinski definition) is 2. The topological polar surface area (TPSA) is 91.4 Å². The molecule has 0 spiro atoms. The second-order valence-electron chi connectivity index (χ2n) is 4.72. The molecule has 1 aliphatic rings. The summed E-state index contributed by atoms with van der Waals surface area (Å²) in [5.74, 6) is 0.519. The zero-order valence-electron chi connectivity index (χ0n) is 10.4. The molecule has 0 aromatic carbocycles. The van der Waals surface area contributed by atoms with Gasteiger partial charge in [-0.05, 0) is 32.1 Å². The lowest BCUT2D eigenvalue weighted by Gasteiger charge is -2.26. The summed E-state index contributed by atoms with van der Waals surface area (Å²) in [6.07, 6.45) is 0.299. The maximum absolute atomic E-state index is 9.79. The van der Waals surface area contributed by atoms with Gasteiger partial charge < -0.3 is 20.6 Å². The number of aliphatic hydroxyl groups is 1. The Kier molecular flexibility index (Phi) is 3.84. The summed E-state index contributed by atoms with van der Waals surface area (Å²) in [4.78, 5) is 15.9. The van der Waals surface area contributed by atoms with Crippen LogP contribution in [0.2, 0.25) is 5.28 Å². The van der Waals surface area contributed by atoms with Crippen LogP contribution in [0.5, 0.6) is 0 Å². The number of nitrogens with two attached hydrogens (primary N) is 1. The number of aromatic nitrogens is 3. The predicted molar refractivity (Wildman–Crippen MR) is 69.6 cm³/mol. The Morgan fingerprint density at radius 2 is 2.17 bits per heavy atom. The van der Waals surface area contributed by atoms with Crippen molar-refractivity contribution in [1.82, 2.24) is 19.9 Å². The lowest BCUT2D eigenvalue weighted by molar-refractivity contribution is 0.191. The quantitative estimate of drug-likeness (QED) is 0.774. The van der Waals surface area contributed by atoms with E-state index in [9.17, 15) is 5.11 Å². The van der Waals surface area contributed by atoms with Gasteiger partial charge in [0.1, 0.15) is 0 Å². The van der Waals surface area contributed by atoms with Gasteiger partial charge in [-0.25, -0.2) is 0 Å². The molecule has 1 saturated heterocycles. The van der Waals surface area contributed by atoms with Crippen molar-refractivity contribution in [1.29, 1.82) is 0 Å². The van der Waals surface area contributed by atoms with Crippen molar-refractivity contribution < 1.29 is 5.11 Å². The molecule has 0 amide bonds. The van der Waals surface area contributed by atoms with Crippen molar-refractivity contribution in [3.63, 3.8) is 0 Å². The normalized spacial score (nSPS) is 23.9. The summed E-state index contributed by atoms with van der Waals surface area (Å²) >= 11 is 5.78. The van der Waals surface area contributed by atoms with Gasteiger partial charge in [-0.1, -0.05) is 0 Å². The molecule has 100 valence electrons. The third kappa shape index (κ3) is 2.98. The molecule has 18 heavy (non-hydrogen) atoms. The lowest BCUT2D eigenvalue weighted by Crippen LogP contribution is -2.38. The smallest absolute Gasteiger partial charge is 0.231 e. The van der Waals surface area contributed by atoms with E-state index >= 15 is 0 Å². The SMILES string of the molecule is CN(C)CC1CC(O)CN1c1nc(N)nc(Cl)n1. The van der Waals surface area contributed by atoms with Gasteiger partial charge in [0.2, 0.25) is 17.2 Å². The summed E-state index contributed by atoms with van der Waals surface area (Å²) in [7, 11) is 3.97. The minimum Gasteiger partial charge on any atom is -0.391 e. The van der Waals surface area contributed by atoms with Crippen LogP contribution < -0.4 is 10.6 Å². The van der Waals surface area contributed by atoms with Crippen molar-refractivity contribution in [3.05, 3.63) is 5.28 Å². The first-order valence-electron chi connectivity index (χ1n) is 5.72. The maximum Gasteiger partial charge on any atom is 0.231 e. The van der Waals surface area contributed by atoms with Gasteiger partial charge in [-0.15, -0.1) is 0 Å². The average molecular weight is 273 g/mol. The maximum atomic E-state index is 9.79. The summed E-state index contributed by atoms with van der Waals surface area (Å²) in [6.45, 7) is 1.29. The van der Waals surface area contributed by atoms with Gasteiger partial charge in [0.15, 0.2) is 0 Å². The highest BCUT2D eigenvalue weighted by Gasteiger charge is 2.33. The van der Waals surface area contributed by atoms with Crippen LogP contribution in [0.4, 0.5) is 11.9 Å². The fourth-order valence-corrected chi connectivity index (χ4v) is 2.38. The Morgan fingerprint density at radius 1 is 1.44 bits per heavy atom. The van der Waals surface area contributed by atoms with Gasteiger partial charge in [-0.3, -0.25) is 0 Å². The van der Waals surface area contributed by atoms with Crippen LogP contribution in [0.3, 0.4) is 0 Å². The molecule has 1 fully saturated rings. The molecular formula is C10H17ClN6O. The first-order chi connectivity index (χ1) is 8.45. The summed E-state index contributed by atoms with van der Waals surface area (Å²) < 4.78 is 0. The van der Waals surface area contributed by atoms with E-state index in [0.717, 1.165) is 6.54 Å².